The van der Waals surface area contributed by atoms with Crippen molar-refractivity contribution in [3.8, 4) is 0 Å². The van der Waals surface area contributed by atoms with E-state index in [1.165, 1.54) is 17.7 Å². The van der Waals surface area contributed by atoms with Crippen molar-refractivity contribution in [3.05, 3.63) is 46.8 Å². The predicted octanol–water partition coefficient (Wildman–Crippen LogP) is 2.96. The molecule has 0 unspecified atom stereocenters. The molecule has 1 atom stereocenters. The molecule has 1 aromatic heterocycles. The molecule has 1 aromatic carbocycles. The summed E-state index contributed by atoms with van der Waals surface area (Å²) in [4.78, 5) is 20.0. The van der Waals surface area contributed by atoms with Gasteiger partial charge in [-0.1, -0.05) is 23.4 Å². The number of piperazine rings is 1. The van der Waals surface area contributed by atoms with Gasteiger partial charge in [0.2, 0.25) is 5.91 Å². The SMILES string of the molecule is Cc1ccccc1N1CCN([C@H]2CCCN(C(=O)Cc3c(C)noc3C)C2)CC1. The van der Waals surface area contributed by atoms with Crippen molar-refractivity contribution in [2.24, 2.45) is 0 Å². The number of aryl methyl sites for hydroxylation is 3. The van der Waals surface area contributed by atoms with Crippen LogP contribution in [-0.2, 0) is 11.2 Å². The molecule has 0 saturated carbocycles. The summed E-state index contributed by atoms with van der Waals surface area (Å²) < 4.78 is 5.22. The summed E-state index contributed by atoms with van der Waals surface area (Å²) in [6.45, 7) is 11.9. The lowest BCUT2D eigenvalue weighted by Crippen LogP contribution is -2.56. The Labute approximate surface area is 173 Å². The van der Waals surface area contributed by atoms with Gasteiger partial charge in [0, 0.05) is 56.6 Å². The van der Waals surface area contributed by atoms with Gasteiger partial charge in [-0.2, -0.15) is 0 Å². The van der Waals surface area contributed by atoms with Crippen LogP contribution in [0.4, 0.5) is 5.69 Å². The molecule has 2 aliphatic heterocycles. The lowest BCUT2D eigenvalue weighted by atomic mass is 10.0. The first-order valence-corrected chi connectivity index (χ1v) is 10.8. The standard InChI is InChI=1S/C23H32N4O2/c1-17-7-4-5-9-22(17)26-13-11-25(12-14-26)20-8-6-10-27(16-20)23(28)15-21-18(2)24-29-19(21)3/h4-5,7,9,20H,6,8,10-16H2,1-3H3/t20-/m0/s1. The van der Waals surface area contributed by atoms with E-state index in [4.69, 9.17) is 4.52 Å². The third-order valence-corrected chi connectivity index (χ3v) is 6.55. The van der Waals surface area contributed by atoms with Gasteiger partial charge in [0.05, 0.1) is 12.1 Å². The van der Waals surface area contributed by atoms with E-state index in [2.05, 4.69) is 46.1 Å². The maximum atomic E-state index is 12.9. The fraction of sp³-hybridized carbons (Fsp3) is 0.565. The molecule has 2 aromatic rings. The maximum Gasteiger partial charge on any atom is 0.227 e. The number of rotatable bonds is 4. The Morgan fingerprint density at radius 2 is 1.86 bits per heavy atom. The van der Waals surface area contributed by atoms with Gasteiger partial charge in [-0.3, -0.25) is 9.69 Å². The fourth-order valence-corrected chi connectivity index (χ4v) is 4.74. The second-order valence-electron chi connectivity index (χ2n) is 8.42. The van der Waals surface area contributed by atoms with Crippen LogP contribution in [0.25, 0.3) is 0 Å². The average Bonchev–Trinajstić information content (AvgIpc) is 3.06. The fourth-order valence-electron chi connectivity index (χ4n) is 4.74. The van der Waals surface area contributed by atoms with E-state index in [0.717, 1.165) is 62.7 Å². The second-order valence-corrected chi connectivity index (χ2v) is 8.42. The summed E-state index contributed by atoms with van der Waals surface area (Å²) in [6.07, 6.45) is 2.66. The highest BCUT2D eigenvalue weighted by atomic mass is 16.5. The number of aromatic nitrogens is 1. The first-order chi connectivity index (χ1) is 14.0. The first kappa shape index (κ1) is 20.0. The lowest BCUT2D eigenvalue weighted by Gasteiger charge is -2.44. The van der Waals surface area contributed by atoms with Crippen LogP contribution < -0.4 is 4.90 Å². The number of benzene rings is 1. The van der Waals surface area contributed by atoms with Crippen molar-refractivity contribution in [3.63, 3.8) is 0 Å². The highest BCUT2D eigenvalue weighted by molar-refractivity contribution is 5.79. The van der Waals surface area contributed by atoms with Crippen molar-refractivity contribution in [1.29, 1.82) is 0 Å². The highest BCUT2D eigenvalue weighted by Crippen LogP contribution is 2.24. The van der Waals surface area contributed by atoms with E-state index in [1.54, 1.807) is 0 Å². The van der Waals surface area contributed by atoms with Crippen LogP contribution in [0.2, 0.25) is 0 Å². The molecule has 0 bridgehead atoms. The van der Waals surface area contributed by atoms with Gasteiger partial charge in [-0.05, 0) is 45.2 Å². The molecule has 4 rings (SSSR count). The van der Waals surface area contributed by atoms with Crippen molar-refractivity contribution in [2.45, 2.75) is 46.1 Å². The normalized spacial score (nSPS) is 20.9. The number of piperidine rings is 1. The Balaban J connectivity index is 1.33. The Kier molecular flexibility index (Phi) is 5.90. The number of amides is 1. The van der Waals surface area contributed by atoms with E-state index in [0.29, 0.717) is 12.5 Å². The molecule has 0 aliphatic carbocycles. The van der Waals surface area contributed by atoms with Gasteiger partial charge in [-0.25, -0.2) is 0 Å². The summed E-state index contributed by atoms with van der Waals surface area (Å²) in [5, 5.41) is 3.98. The smallest absolute Gasteiger partial charge is 0.227 e. The van der Waals surface area contributed by atoms with Gasteiger partial charge >= 0.3 is 0 Å². The largest absolute Gasteiger partial charge is 0.369 e. The number of likely N-dealkylation sites (tertiary alicyclic amines) is 1. The van der Waals surface area contributed by atoms with Crippen molar-refractivity contribution in [2.75, 3.05) is 44.2 Å². The predicted molar refractivity (Wildman–Crippen MR) is 114 cm³/mol. The van der Waals surface area contributed by atoms with Crippen molar-refractivity contribution in [1.82, 2.24) is 15.0 Å². The van der Waals surface area contributed by atoms with Gasteiger partial charge in [0.15, 0.2) is 0 Å². The molecule has 29 heavy (non-hydrogen) atoms. The topological polar surface area (TPSA) is 52.8 Å². The van der Waals surface area contributed by atoms with Gasteiger partial charge in [0.25, 0.3) is 0 Å². The zero-order chi connectivity index (χ0) is 20.4. The molecule has 2 saturated heterocycles. The third kappa shape index (κ3) is 4.32. The van der Waals surface area contributed by atoms with Crippen LogP contribution in [0.3, 0.4) is 0 Å². The van der Waals surface area contributed by atoms with Crippen LogP contribution in [-0.4, -0.2) is 66.2 Å². The molecule has 1 amide bonds. The molecule has 2 aliphatic rings. The van der Waals surface area contributed by atoms with Crippen LogP contribution in [0.5, 0.6) is 0 Å². The summed E-state index contributed by atoms with van der Waals surface area (Å²) in [7, 11) is 0. The molecule has 6 heteroatoms. The molecule has 156 valence electrons. The summed E-state index contributed by atoms with van der Waals surface area (Å²) in [5.74, 6) is 0.958. The van der Waals surface area contributed by atoms with Crippen LogP contribution in [0.1, 0.15) is 35.4 Å². The van der Waals surface area contributed by atoms with Crippen LogP contribution in [0.15, 0.2) is 28.8 Å². The van der Waals surface area contributed by atoms with E-state index >= 15 is 0 Å². The third-order valence-electron chi connectivity index (χ3n) is 6.55. The minimum absolute atomic E-state index is 0.197. The molecule has 0 N–H and O–H groups in total. The van der Waals surface area contributed by atoms with Gasteiger partial charge in [0.1, 0.15) is 5.76 Å². The number of carbonyl (C=O) groups is 1. The first-order valence-electron chi connectivity index (χ1n) is 10.8. The Bertz CT molecular complexity index is 835. The van der Waals surface area contributed by atoms with Crippen LogP contribution >= 0.6 is 0 Å². The number of para-hydroxylation sites is 1. The molecular weight excluding hydrogens is 364 g/mol. The summed E-state index contributed by atoms with van der Waals surface area (Å²) in [6, 6.07) is 9.10. The molecule has 0 spiro atoms. The number of carbonyl (C=O) groups excluding carboxylic acids is 1. The van der Waals surface area contributed by atoms with E-state index in [-0.39, 0.29) is 5.91 Å². The van der Waals surface area contributed by atoms with E-state index < -0.39 is 0 Å². The minimum Gasteiger partial charge on any atom is -0.369 e. The van der Waals surface area contributed by atoms with E-state index in [9.17, 15) is 4.79 Å². The number of hydrogen-bond donors (Lipinski definition) is 0. The maximum absolute atomic E-state index is 12.9. The van der Waals surface area contributed by atoms with Gasteiger partial charge in [-0.15, -0.1) is 0 Å². The molecule has 0 radical (unpaired) electrons. The van der Waals surface area contributed by atoms with Crippen molar-refractivity contribution >= 4 is 11.6 Å². The molecular formula is C23H32N4O2. The molecule has 6 nitrogen and oxygen atoms in total. The number of anilines is 1. The number of nitrogens with zero attached hydrogens (tertiary/aromatic N) is 4. The van der Waals surface area contributed by atoms with Crippen molar-refractivity contribution < 1.29 is 9.32 Å². The summed E-state index contributed by atoms with van der Waals surface area (Å²) in [5.41, 5.74) is 4.47. The zero-order valence-corrected chi connectivity index (χ0v) is 17.9. The lowest BCUT2D eigenvalue weighted by molar-refractivity contribution is -0.132. The van der Waals surface area contributed by atoms with E-state index in [1.807, 2.05) is 18.7 Å². The van der Waals surface area contributed by atoms with Gasteiger partial charge < -0.3 is 14.3 Å². The highest BCUT2D eigenvalue weighted by Gasteiger charge is 2.30. The Morgan fingerprint density at radius 3 is 2.55 bits per heavy atom. The Hall–Kier alpha value is -2.34. The minimum atomic E-state index is 0.197. The molecule has 3 heterocycles. The zero-order valence-electron chi connectivity index (χ0n) is 17.9. The quantitative estimate of drug-likeness (QED) is 0.795. The monoisotopic (exact) mass is 396 g/mol. The summed E-state index contributed by atoms with van der Waals surface area (Å²) >= 11 is 0. The second kappa shape index (κ2) is 8.57. The average molecular weight is 397 g/mol. The van der Waals surface area contributed by atoms with Crippen LogP contribution in [0, 0.1) is 20.8 Å². The molecule has 2 fully saturated rings. The number of hydrogen-bond acceptors (Lipinski definition) is 5. The Morgan fingerprint density at radius 1 is 1.10 bits per heavy atom.